The lowest BCUT2D eigenvalue weighted by Gasteiger charge is -2.40. The first-order chi connectivity index (χ1) is 15.6. The first-order valence-electron chi connectivity index (χ1n) is 11.2. The lowest BCUT2D eigenvalue weighted by molar-refractivity contribution is -0.139. The van der Waals surface area contributed by atoms with Crippen LogP contribution in [0.5, 0.6) is 5.75 Å². The van der Waals surface area contributed by atoms with Gasteiger partial charge in [-0.2, -0.15) is 0 Å². The summed E-state index contributed by atoms with van der Waals surface area (Å²) in [7, 11) is 1.36. The van der Waals surface area contributed by atoms with Crippen molar-refractivity contribution in [3.05, 3.63) is 58.1 Å². The second-order valence-electron chi connectivity index (χ2n) is 9.85. The molecule has 0 fully saturated rings. The molecule has 4 rings (SSSR count). The topological polar surface area (TPSA) is 65.1 Å². The zero-order valence-electron chi connectivity index (χ0n) is 19.6. The smallest absolute Gasteiger partial charge is 0.414 e. The van der Waals surface area contributed by atoms with Gasteiger partial charge in [0.15, 0.2) is 0 Å². The zero-order chi connectivity index (χ0) is 23.8. The van der Waals surface area contributed by atoms with E-state index in [-0.39, 0.29) is 12.4 Å². The van der Waals surface area contributed by atoms with Gasteiger partial charge in [-0.3, -0.25) is 9.69 Å². The van der Waals surface area contributed by atoms with Crippen LogP contribution in [0.2, 0.25) is 5.02 Å². The number of carbonyl (C=O) groups is 2. The van der Waals surface area contributed by atoms with E-state index in [1.165, 1.54) is 12.7 Å². The van der Waals surface area contributed by atoms with Crippen LogP contribution in [0.1, 0.15) is 50.3 Å². The van der Waals surface area contributed by atoms with Gasteiger partial charge < -0.3 is 14.2 Å². The number of benzene rings is 2. The van der Waals surface area contributed by atoms with Gasteiger partial charge in [0.05, 0.1) is 25.8 Å². The fourth-order valence-electron chi connectivity index (χ4n) is 4.73. The number of amides is 1. The van der Waals surface area contributed by atoms with Gasteiger partial charge in [0, 0.05) is 17.0 Å². The predicted octanol–water partition coefficient (Wildman–Crippen LogP) is 5.46. The fraction of sp³-hybridized carbons (Fsp3) is 0.462. The summed E-state index contributed by atoms with van der Waals surface area (Å²) < 4.78 is 16.9. The Balaban J connectivity index is 1.79. The number of fused-ring (bicyclic) bond motifs is 3. The molecule has 1 unspecified atom stereocenters. The normalized spacial score (nSPS) is 19.7. The van der Waals surface area contributed by atoms with Crippen molar-refractivity contribution in [3.8, 4) is 5.75 Å². The van der Waals surface area contributed by atoms with Gasteiger partial charge in [0.2, 0.25) is 0 Å². The zero-order valence-corrected chi connectivity index (χ0v) is 20.3. The van der Waals surface area contributed by atoms with Crippen LogP contribution >= 0.6 is 11.6 Å². The molecule has 0 N–H and O–H groups in total. The maximum atomic E-state index is 13.4. The van der Waals surface area contributed by atoms with Gasteiger partial charge in [0.25, 0.3) is 0 Å². The molecule has 1 aliphatic carbocycles. The lowest BCUT2D eigenvalue weighted by atomic mass is 9.70. The summed E-state index contributed by atoms with van der Waals surface area (Å²) in [6, 6.07) is 11.4. The molecule has 33 heavy (non-hydrogen) atoms. The van der Waals surface area contributed by atoms with Gasteiger partial charge in [0.1, 0.15) is 11.4 Å². The third kappa shape index (κ3) is 4.96. The van der Waals surface area contributed by atoms with E-state index >= 15 is 0 Å². The molecular weight excluding hydrogens is 442 g/mol. The number of nitrogens with zero attached hydrogens (tertiary/aromatic N) is 1. The average molecular weight is 472 g/mol. The molecular formula is C26H30ClNO5. The van der Waals surface area contributed by atoms with Crippen LogP contribution in [0.15, 0.2) is 36.4 Å². The fourth-order valence-corrected chi connectivity index (χ4v) is 4.92. The highest BCUT2D eigenvalue weighted by Gasteiger charge is 2.44. The van der Waals surface area contributed by atoms with Gasteiger partial charge >= 0.3 is 12.1 Å². The second-order valence-corrected chi connectivity index (χ2v) is 10.3. The number of hydrogen-bond donors (Lipinski definition) is 0. The van der Waals surface area contributed by atoms with Crippen LogP contribution < -0.4 is 9.64 Å². The maximum absolute atomic E-state index is 13.4. The number of ether oxygens (including phenoxy) is 3. The van der Waals surface area contributed by atoms with Crippen LogP contribution in [0, 0.1) is 0 Å². The highest BCUT2D eigenvalue weighted by Crippen LogP contribution is 2.45. The Labute approximate surface area is 199 Å². The maximum Gasteiger partial charge on any atom is 0.414 e. The Hall–Kier alpha value is -2.73. The molecule has 1 atom stereocenters. The van der Waals surface area contributed by atoms with Crippen molar-refractivity contribution in [2.75, 3.05) is 25.2 Å². The Morgan fingerprint density at radius 3 is 2.70 bits per heavy atom. The first-order valence-corrected chi connectivity index (χ1v) is 11.6. The third-order valence-corrected chi connectivity index (χ3v) is 6.44. The first kappa shape index (κ1) is 23.4. The largest absolute Gasteiger partial charge is 0.490 e. The van der Waals surface area contributed by atoms with Crippen LogP contribution in [0.4, 0.5) is 10.5 Å². The van der Waals surface area contributed by atoms with Crippen molar-refractivity contribution in [3.63, 3.8) is 0 Å². The van der Waals surface area contributed by atoms with Crippen molar-refractivity contribution in [1.82, 2.24) is 0 Å². The average Bonchev–Trinajstić information content (AvgIpc) is 2.90. The summed E-state index contributed by atoms with van der Waals surface area (Å²) in [5.74, 6) is 0.246. The van der Waals surface area contributed by atoms with Crippen LogP contribution in [-0.4, -0.2) is 37.9 Å². The Morgan fingerprint density at radius 2 is 1.97 bits per heavy atom. The van der Waals surface area contributed by atoms with E-state index in [9.17, 15) is 9.59 Å². The van der Waals surface area contributed by atoms with E-state index in [0.717, 1.165) is 30.4 Å². The molecule has 0 saturated carbocycles. The van der Waals surface area contributed by atoms with Gasteiger partial charge in [-0.05, 0) is 81.0 Å². The predicted molar refractivity (Wildman–Crippen MR) is 127 cm³/mol. The van der Waals surface area contributed by atoms with Gasteiger partial charge in [-0.25, -0.2) is 4.79 Å². The third-order valence-electron chi connectivity index (χ3n) is 6.21. The highest BCUT2D eigenvalue weighted by molar-refractivity contribution is 6.30. The number of halogens is 1. The number of hydrogen-bond acceptors (Lipinski definition) is 5. The van der Waals surface area contributed by atoms with Crippen molar-refractivity contribution >= 4 is 29.4 Å². The summed E-state index contributed by atoms with van der Waals surface area (Å²) in [6.07, 6.45) is 2.47. The lowest BCUT2D eigenvalue weighted by Crippen LogP contribution is -2.48. The molecule has 0 bridgehead atoms. The number of methoxy groups -OCH3 is 1. The molecule has 2 aromatic carbocycles. The van der Waals surface area contributed by atoms with E-state index in [1.807, 2.05) is 51.1 Å². The molecule has 6 nitrogen and oxygen atoms in total. The number of carbonyl (C=O) groups excluding carboxylic acids is 2. The Bertz CT molecular complexity index is 1080. The molecule has 1 heterocycles. The van der Waals surface area contributed by atoms with Crippen molar-refractivity contribution in [2.45, 2.75) is 57.5 Å². The van der Waals surface area contributed by atoms with Crippen LogP contribution in [-0.2, 0) is 32.5 Å². The summed E-state index contributed by atoms with van der Waals surface area (Å²) in [4.78, 5) is 27.0. The molecule has 1 aliphatic heterocycles. The molecule has 2 aliphatic rings. The van der Waals surface area contributed by atoms with E-state index in [1.54, 1.807) is 4.90 Å². The van der Waals surface area contributed by atoms with E-state index < -0.39 is 17.1 Å². The van der Waals surface area contributed by atoms with E-state index in [2.05, 4.69) is 6.07 Å². The highest BCUT2D eigenvalue weighted by atomic mass is 35.5. The summed E-state index contributed by atoms with van der Waals surface area (Å²) in [5.41, 5.74) is 2.65. The quantitative estimate of drug-likeness (QED) is 0.544. The molecule has 0 saturated heterocycles. The number of anilines is 1. The van der Waals surface area contributed by atoms with Crippen LogP contribution in [0.25, 0.3) is 0 Å². The number of aryl methyl sites for hydroxylation is 1. The molecule has 1 amide bonds. The van der Waals surface area contributed by atoms with Crippen molar-refractivity contribution < 1.29 is 23.8 Å². The monoisotopic (exact) mass is 471 g/mol. The summed E-state index contributed by atoms with van der Waals surface area (Å²) in [6.45, 7) is 6.39. The summed E-state index contributed by atoms with van der Waals surface area (Å²) in [5, 5.41) is 0.708. The Morgan fingerprint density at radius 1 is 1.18 bits per heavy atom. The molecule has 0 aromatic heterocycles. The van der Waals surface area contributed by atoms with Crippen molar-refractivity contribution in [2.24, 2.45) is 0 Å². The number of esters is 1. The van der Waals surface area contributed by atoms with Crippen LogP contribution in [0.3, 0.4) is 0 Å². The van der Waals surface area contributed by atoms with E-state index in [4.69, 9.17) is 25.8 Å². The minimum Gasteiger partial charge on any atom is -0.490 e. The minimum absolute atomic E-state index is 0.110. The molecule has 0 radical (unpaired) electrons. The molecule has 176 valence electrons. The SMILES string of the molecule is COC(=O)Cc1ccc2c(c1)N(C(=O)OC(C)(C)C)CC1(CCCc3cc(Cl)ccc31)CO2. The Kier molecular flexibility index (Phi) is 6.32. The minimum atomic E-state index is -0.654. The van der Waals surface area contributed by atoms with Gasteiger partial charge in [-0.1, -0.05) is 23.7 Å². The van der Waals surface area contributed by atoms with Crippen molar-refractivity contribution in [1.29, 1.82) is 0 Å². The number of rotatable bonds is 2. The summed E-state index contributed by atoms with van der Waals surface area (Å²) >= 11 is 6.28. The molecule has 7 heteroatoms. The molecule has 2 aromatic rings. The van der Waals surface area contributed by atoms with E-state index in [0.29, 0.717) is 29.6 Å². The standard InChI is InChI=1S/C26H30ClNO5/c1-25(2,3)33-24(30)28-15-26(11-5-6-18-14-19(27)8-9-20(18)26)16-32-22-10-7-17(12-21(22)28)13-23(29)31-4/h7-10,12,14H,5-6,11,13,15-16H2,1-4H3. The van der Waals surface area contributed by atoms with Gasteiger partial charge in [-0.15, -0.1) is 0 Å². The molecule has 1 spiro atoms. The second kappa shape index (κ2) is 8.90.